The fourth-order valence-electron chi connectivity index (χ4n) is 1.62. The lowest BCUT2D eigenvalue weighted by molar-refractivity contribution is 0.161. The number of aromatic amines is 1. The third kappa shape index (κ3) is 1.38. The quantitative estimate of drug-likeness (QED) is 0.604. The van der Waals surface area contributed by atoms with Gasteiger partial charge in [-0.15, -0.1) is 20.1 Å². The second kappa shape index (κ2) is 3.30. The molecule has 0 atom stereocenters. The SMILES string of the molecule is On1ncc2cc(Cc3nn[nH]n3)ccc21. The maximum absolute atomic E-state index is 9.32. The molecule has 2 N–H and O–H groups in total. The van der Waals surface area contributed by atoms with Crippen molar-refractivity contribution in [3.63, 3.8) is 0 Å². The Morgan fingerprint density at radius 3 is 3.12 bits per heavy atom. The first-order valence-electron chi connectivity index (χ1n) is 4.71. The minimum Gasteiger partial charge on any atom is -0.411 e. The number of H-pyrrole nitrogens is 1. The smallest absolute Gasteiger partial charge is 0.178 e. The van der Waals surface area contributed by atoms with Crippen molar-refractivity contribution in [2.75, 3.05) is 0 Å². The van der Waals surface area contributed by atoms with Gasteiger partial charge in [0.2, 0.25) is 0 Å². The van der Waals surface area contributed by atoms with Gasteiger partial charge < -0.3 is 5.21 Å². The van der Waals surface area contributed by atoms with Crippen molar-refractivity contribution in [2.24, 2.45) is 0 Å². The van der Waals surface area contributed by atoms with Crippen molar-refractivity contribution in [3.05, 3.63) is 35.8 Å². The zero-order valence-electron chi connectivity index (χ0n) is 8.20. The molecular weight excluding hydrogens is 208 g/mol. The Labute approximate surface area is 89.7 Å². The third-order valence-electron chi connectivity index (χ3n) is 2.37. The summed E-state index contributed by atoms with van der Waals surface area (Å²) in [6, 6.07) is 5.64. The molecule has 0 saturated carbocycles. The van der Waals surface area contributed by atoms with Gasteiger partial charge in [-0.25, -0.2) is 0 Å². The van der Waals surface area contributed by atoms with Gasteiger partial charge in [0.15, 0.2) is 5.82 Å². The van der Waals surface area contributed by atoms with Crippen LogP contribution in [0.5, 0.6) is 0 Å². The molecule has 0 saturated heterocycles. The Bertz CT molecular complexity index is 614. The summed E-state index contributed by atoms with van der Waals surface area (Å²) in [6.45, 7) is 0. The van der Waals surface area contributed by atoms with Crippen molar-refractivity contribution in [1.29, 1.82) is 0 Å². The molecule has 2 aromatic heterocycles. The predicted molar refractivity (Wildman–Crippen MR) is 53.9 cm³/mol. The van der Waals surface area contributed by atoms with E-state index in [9.17, 15) is 5.21 Å². The second-order valence-electron chi connectivity index (χ2n) is 3.43. The van der Waals surface area contributed by atoms with E-state index in [-0.39, 0.29) is 0 Å². The lowest BCUT2D eigenvalue weighted by Crippen LogP contribution is -1.93. The van der Waals surface area contributed by atoms with Gasteiger partial charge in [-0.05, 0) is 17.7 Å². The van der Waals surface area contributed by atoms with Crippen LogP contribution in [-0.4, -0.2) is 35.8 Å². The van der Waals surface area contributed by atoms with Gasteiger partial charge in [-0.1, -0.05) is 11.3 Å². The average molecular weight is 216 g/mol. The molecular formula is C9H8N6O. The molecule has 2 heterocycles. The molecule has 3 rings (SSSR count). The summed E-state index contributed by atoms with van der Waals surface area (Å²) in [6.07, 6.45) is 2.21. The van der Waals surface area contributed by atoms with Crippen LogP contribution in [0.2, 0.25) is 0 Å². The normalized spacial score (nSPS) is 11.0. The highest BCUT2D eigenvalue weighted by Gasteiger charge is 2.05. The lowest BCUT2D eigenvalue weighted by Gasteiger charge is -1.97. The van der Waals surface area contributed by atoms with E-state index in [4.69, 9.17) is 0 Å². The van der Waals surface area contributed by atoms with Gasteiger partial charge in [0.05, 0.1) is 6.20 Å². The maximum atomic E-state index is 9.32. The van der Waals surface area contributed by atoms with Crippen LogP contribution in [-0.2, 0) is 6.42 Å². The molecule has 7 heteroatoms. The van der Waals surface area contributed by atoms with Crippen LogP contribution >= 0.6 is 0 Å². The van der Waals surface area contributed by atoms with Crippen molar-refractivity contribution in [2.45, 2.75) is 6.42 Å². The minimum absolute atomic E-state index is 0.600. The van der Waals surface area contributed by atoms with Crippen LogP contribution in [0.3, 0.4) is 0 Å². The molecule has 1 aromatic carbocycles. The van der Waals surface area contributed by atoms with Crippen LogP contribution in [0.1, 0.15) is 11.4 Å². The highest BCUT2D eigenvalue weighted by atomic mass is 16.5. The number of nitrogens with zero attached hydrogens (tertiary/aromatic N) is 5. The topological polar surface area (TPSA) is 92.5 Å². The molecule has 3 aromatic rings. The summed E-state index contributed by atoms with van der Waals surface area (Å²) in [7, 11) is 0. The largest absolute Gasteiger partial charge is 0.411 e. The van der Waals surface area contributed by atoms with Crippen LogP contribution in [0.4, 0.5) is 0 Å². The lowest BCUT2D eigenvalue weighted by atomic mass is 10.1. The Morgan fingerprint density at radius 1 is 1.38 bits per heavy atom. The number of hydrogen-bond donors (Lipinski definition) is 2. The van der Waals surface area contributed by atoms with E-state index in [0.717, 1.165) is 15.8 Å². The van der Waals surface area contributed by atoms with Crippen LogP contribution in [0, 0.1) is 0 Å². The number of nitrogens with one attached hydrogen (secondary N) is 1. The van der Waals surface area contributed by atoms with E-state index < -0.39 is 0 Å². The zero-order valence-corrected chi connectivity index (χ0v) is 8.20. The molecule has 16 heavy (non-hydrogen) atoms. The van der Waals surface area contributed by atoms with Gasteiger partial charge in [0.25, 0.3) is 0 Å². The van der Waals surface area contributed by atoms with Crippen LogP contribution in [0.15, 0.2) is 24.4 Å². The molecule has 0 bridgehead atoms. The van der Waals surface area contributed by atoms with Gasteiger partial charge in [0, 0.05) is 11.8 Å². The molecule has 80 valence electrons. The van der Waals surface area contributed by atoms with Gasteiger partial charge in [0.1, 0.15) is 5.52 Å². The van der Waals surface area contributed by atoms with Gasteiger partial charge >= 0.3 is 0 Å². The van der Waals surface area contributed by atoms with E-state index in [0.29, 0.717) is 17.8 Å². The molecule has 0 fully saturated rings. The van der Waals surface area contributed by atoms with Crippen molar-refractivity contribution < 1.29 is 5.21 Å². The highest BCUT2D eigenvalue weighted by molar-refractivity contribution is 5.79. The highest BCUT2D eigenvalue weighted by Crippen LogP contribution is 2.15. The number of benzene rings is 1. The zero-order chi connectivity index (χ0) is 11.0. The number of hydrogen-bond acceptors (Lipinski definition) is 5. The third-order valence-corrected chi connectivity index (χ3v) is 2.37. The van der Waals surface area contributed by atoms with E-state index in [2.05, 4.69) is 25.7 Å². The van der Waals surface area contributed by atoms with Crippen LogP contribution < -0.4 is 0 Å². The molecule has 0 unspecified atom stereocenters. The number of fused-ring (bicyclic) bond motifs is 1. The van der Waals surface area contributed by atoms with E-state index >= 15 is 0 Å². The van der Waals surface area contributed by atoms with Crippen LogP contribution in [0.25, 0.3) is 10.9 Å². The first-order valence-corrected chi connectivity index (χ1v) is 4.71. The predicted octanol–water partition coefficient (Wildman–Crippen LogP) is 0.377. The van der Waals surface area contributed by atoms with Crippen molar-refractivity contribution in [1.82, 2.24) is 30.6 Å². The molecule has 0 spiro atoms. The standard InChI is InChI=1S/C9H8N6O/c16-15-8-2-1-6(3-7(8)5-10-15)4-9-11-13-14-12-9/h1-3,5,16H,4H2,(H,11,12,13,14). The number of aromatic nitrogens is 6. The molecule has 0 aliphatic heterocycles. The summed E-state index contributed by atoms with van der Waals surface area (Å²) >= 11 is 0. The first kappa shape index (κ1) is 8.84. The van der Waals surface area contributed by atoms with Crippen molar-refractivity contribution >= 4 is 10.9 Å². The average Bonchev–Trinajstić information content (AvgIpc) is 2.90. The Kier molecular flexibility index (Phi) is 1.82. The Balaban J connectivity index is 1.99. The van der Waals surface area contributed by atoms with E-state index in [1.54, 1.807) is 12.3 Å². The Morgan fingerprint density at radius 2 is 2.31 bits per heavy atom. The molecule has 0 aliphatic rings. The summed E-state index contributed by atoms with van der Waals surface area (Å²) in [5.41, 5.74) is 1.72. The molecule has 7 nitrogen and oxygen atoms in total. The fraction of sp³-hybridized carbons (Fsp3) is 0.111. The summed E-state index contributed by atoms with van der Waals surface area (Å²) in [5, 5.41) is 27.6. The molecule has 0 radical (unpaired) electrons. The fourth-order valence-corrected chi connectivity index (χ4v) is 1.62. The first-order chi connectivity index (χ1) is 7.83. The van der Waals surface area contributed by atoms with E-state index in [1.165, 1.54) is 0 Å². The van der Waals surface area contributed by atoms with E-state index in [1.807, 2.05) is 12.1 Å². The number of tetrazole rings is 1. The summed E-state index contributed by atoms with van der Waals surface area (Å²) in [4.78, 5) is 0.855. The summed E-state index contributed by atoms with van der Waals surface area (Å²) in [5.74, 6) is 0.635. The van der Waals surface area contributed by atoms with Crippen molar-refractivity contribution in [3.8, 4) is 0 Å². The summed E-state index contributed by atoms with van der Waals surface area (Å²) < 4.78 is 0. The minimum atomic E-state index is 0.600. The number of rotatable bonds is 2. The Hall–Kier alpha value is -2.44. The van der Waals surface area contributed by atoms with Gasteiger partial charge in [-0.3, -0.25) is 0 Å². The second-order valence-corrected chi connectivity index (χ2v) is 3.43. The molecule has 0 amide bonds. The van der Waals surface area contributed by atoms with Gasteiger partial charge in [-0.2, -0.15) is 5.21 Å². The maximum Gasteiger partial charge on any atom is 0.178 e. The molecule has 0 aliphatic carbocycles. The monoisotopic (exact) mass is 216 g/mol.